The topological polar surface area (TPSA) is 56.1 Å². The van der Waals surface area contributed by atoms with E-state index in [1.165, 1.54) is 5.56 Å². The Balaban J connectivity index is 1.60. The van der Waals surface area contributed by atoms with Gasteiger partial charge in [-0.05, 0) is 54.3 Å². The van der Waals surface area contributed by atoms with E-state index < -0.39 is 0 Å². The third-order valence-corrected chi connectivity index (χ3v) is 5.76. The summed E-state index contributed by atoms with van der Waals surface area (Å²) in [6.07, 6.45) is 1.23. The van der Waals surface area contributed by atoms with Crippen LogP contribution in [0.3, 0.4) is 0 Å². The van der Waals surface area contributed by atoms with E-state index in [1.54, 1.807) is 7.11 Å². The number of benzene rings is 3. The number of fused-ring (bicyclic) bond motifs is 1. The van der Waals surface area contributed by atoms with Crippen LogP contribution in [0.1, 0.15) is 34.0 Å². The number of carbonyl (C=O) groups is 1. The average Bonchev–Trinajstić information content (AvgIpc) is 3.19. The predicted octanol–water partition coefficient (Wildman–Crippen LogP) is 5.54. The zero-order valence-electron chi connectivity index (χ0n) is 17.3. The van der Waals surface area contributed by atoms with E-state index in [2.05, 4.69) is 17.4 Å². The molecular weight excluding hydrogens is 386 g/mol. The molecule has 0 spiro atoms. The van der Waals surface area contributed by atoms with Gasteiger partial charge in [0.15, 0.2) is 11.6 Å². The van der Waals surface area contributed by atoms with Crippen molar-refractivity contribution in [2.24, 2.45) is 0 Å². The number of ether oxygens (including phenoxy) is 1. The van der Waals surface area contributed by atoms with Crippen molar-refractivity contribution in [1.82, 2.24) is 9.78 Å². The zero-order chi connectivity index (χ0) is 21.2. The van der Waals surface area contributed by atoms with E-state index in [9.17, 15) is 4.79 Å². The molecule has 31 heavy (non-hydrogen) atoms. The molecule has 4 aromatic rings. The van der Waals surface area contributed by atoms with Gasteiger partial charge in [-0.2, -0.15) is 0 Å². The number of nitrogens with zero attached hydrogens (tertiary/aromatic N) is 2. The molecule has 1 atom stereocenters. The third-order valence-electron chi connectivity index (χ3n) is 5.76. The van der Waals surface area contributed by atoms with Gasteiger partial charge in [0.1, 0.15) is 5.75 Å². The van der Waals surface area contributed by atoms with Crippen LogP contribution in [0, 0.1) is 0 Å². The Kier molecular flexibility index (Phi) is 5.00. The van der Waals surface area contributed by atoms with Gasteiger partial charge in [0.05, 0.1) is 24.1 Å². The lowest BCUT2D eigenvalue weighted by atomic mass is 9.82. The second-order valence-electron chi connectivity index (χ2n) is 7.71. The van der Waals surface area contributed by atoms with E-state index in [1.807, 2.05) is 77.5 Å². The van der Waals surface area contributed by atoms with Gasteiger partial charge in [0.2, 0.25) is 0 Å². The highest BCUT2D eigenvalue weighted by Gasteiger charge is 2.33. The zero-order valence-corrected chi connectivity index (χ0v) is 17.3. The van der Waals surface area contributed by atoms with E-state index in [0.29, 0.717) is 17.8 Å². The van der Waals surface area contributed by atoms with Crippen molar-refractivity contribution >= 4 is 17.3 Å². The summed E-state index contributed by atoms with van der Waals surface area (Å²) in [6.45, 7) is 0. The molecule has 0 bridgehead atoms. The maximum Gasteiger partial charge on any atom is 0.169 e. The Morgan fingerprint density at radius 3 is 2.26 bits per heavy atom. The fourth-order valence-electron chi connectivity index (χ4n) is 4.21. The first kappa shape index (κ1) is 19.1. The minimum Gasteiger partial charge on any atom is -0.497 e. The van der Waals surface area contributed by atoms with Gasteiger partial charge in [0.25, 0.3) is 0 Å². The second-order valence-corrected chi connectivity index (χ2v) is 7.71. The molecule has 1 heterocycles. The Hall–Kier alpha value is -3.86. The Morgan fingerprint density at radius 2 is 1.58 bits per heavy atom. The minimum atomic E-state index is 0.119. The van der Waals surface area contributed by atoms with Crippen molar-refractivity contribution in [3.05, 3.63) is 102 Å². The van der Waals surface area contributed by atoms with E-state index in [4.69, 9.17) is 9.84 Å². The van der Waals surface area contributed by atoms with Crippen LogP contribution in [0.4, 0.5) is 11.5 Å². The van der Waals surface area contributed by atoms with Gasteiger partial charge < -0.3 is 10.1 Å². The van der Waals surface area contributed by atoms with Crippen molar-refractivity contribution in [1.29, 1.82) is 0 Å². The number of aromatic nitrogens is 2. The molecule has 5 nitrogen and oxygen atoms in total. The molecule has 154 valence electrons. The number of anilines is 2. The number of methoxy groups -OCH3 is 1. The molecule has 1 aliphatic carbocycles. The molecule has 1 aromatic heterocycles. The second kappa shape index (κ2) is 8.11. The lowest BCUT2D eigenvalue weighted by Crippen LogP contribution is -2.20. The number of nitrogens with one attached hydrogen (secondary N) is 1. The summed E-state index contributed by atoms with van der Waals surface area (Å²) in [5, 5.41) is 8.19. The molecule has 0 saturated carbocycles. The summed E-state index contributed by atoms with van der Waals surface area (Å²) >= 11 is 0. The van der Waals surface area contributed by atoms with E-state index in [0.717, 1.165) is 29.2 Å². The van der Waals surface area contributed by atoms with Crippen molar-refractivity contribution in [2.75, 3.05) is 12.4 Å². The monoisotopic (exact) mass is 409 g/mol. The number of hydrogen-bond acceptors (Lipinski definition) is 4. The molecule has 0 saturated heterocycles. The van der Waals surface area contributed by atoms with Gasteiger partial charge in [-0.15, -0.1) is 5.10 Å². The maximum atomic E-state index is 13.3. The molecule has 0 amide bonds. The SMILES string of the molecule is COc1ccc(-n2nc(Nc3ccccc3)c3c2C[C@@H](c2ccccc2)CC3=O)cc1. The third kappa shape index (κ3) is 3.70. The molecule has 3 aromatic carbocycles. The first-order valence-corrected chi connectivity index (χ1v) is 10.4. The number of carbonyl (C=O) groups excluding carboxylic acids is 1. The van der Waals surface area contributed by atoms with Gasteiger partial charge in [-0.25, -0.2) is 4.68 Å². The number of rotatable bonds is 5. The molecule has 5 rings (SSSR count). The highest BCUT2D eigenvalue weighted by atomic mass is 16.5. The van der Waals surface area contributed by atoms with Gasteiger partial charge in [0, 0.05) is 12.1 Å². The summed E-state index contributed by atoms with van der Waals surface area (Å²) in [5.74, 6) is 1.65. The maximum absolute atomic E-state index is 13.3. The van der Waals surface area contributed by atoms with Crippen LogP contribution in [-0.4, -0.2) is 22.7 Å². The molecule has 0 fully saturated rings. The fourth-order valence-corrected chi connectivity index (χ4v) is 4.21. The van der Waals surface area contributed by atoms with E-state index in [-0.39, 0.29) is 11.7 Å². The van der Waals surface area contributed by atoms with Crippen LogP contribution >= 0.6 is 0 Å². The number of Topliss-reactive ketones (excluding diaryl/α,β-unsaturated/α-hetero) is 1. The Morgan fingerprint density at radius 1 is 0.903 bits per heavy atom. The van der Waals surface area contributed by atoms with Crippen LogP contribution in [0.2, 0.25) is 0 Å². The van der Waals surface area contributed by atoms with Crippen molar-refractivity contribution in [3.63, 3.8) is 0 Å². The number of ketones is 1. The number of hydrogen-bond donors (Lipinski definition) is 1. The minimum absolute atomic E-state index is 0.119. The predicted molar refractivity (Wildman–Crippen MR) is 122 cm³/mol. The standard InChI is InChI=1S/C26H23N3O2/c1-31-22-14-12-21(13-15-22)29-23-16-19(18-8-4-2-5-9-18)17-24(30)25(23)26(28-29)27-20-10-6-3-7-11-20/h2-15,19H,16-17H2,1H3,(H,27,28)/t19-/m1/s1. The quantitative estimate of drug-likeness (QED) is 0.470. The Bertz CT molecular complexity index is 1200. The van der Waals surface area contributed by atoms with E-state index >= 15 is 0 Å². The summed E-state index contributed by atoms with van der Waals surface area (Å²) in [6, 6.07) is 27.8. The van der Waals surface area contributed by atoms with Gasteiger partial charge in [-0.3, -0.25) is 4.79 Å². The molecule has 0 radical (unpaired) electrons. The average molecular weight is 409 g/mol. The van der Waals surface area contributed by atoms with Crippen molar-refractivity contribution < 1.29 is 9.53 Å². The lowest BCUT2D eigenvalue weighted by molar-refractivity contribution is 0.0964. The van der Waals surface area contributed by atoms with Crippen LogP contribution in [0.25, 0.3) is 5.69 Å². The first-order valence-electron chi connectivity index (χ1n) is 10.4. The van der Waals surface area contributed by atoms with Crippen LogP contribution in [0.5, 0.6) is 5.75 Å². The summed E-state index contributed by atoms with van der Waals surface area (Å²) < 4.78 is 7.19. The molecule has 1 aliphatic rings. The smallest absolute Gasteiger partial charge is 0.169 e. The molecular formula is C26H23N3O2. The van der Waals surface area contributed by atoms with Crippen LogP contribution in [0.15, 0.2) is 84.9 Å². The summed E-state index contributed by atoms with van der Waals surface area (Å²) in [7, 11) is 1.65. The highest BCUT2D eigenvalue weighted by molar-refractivity contribution is 6.03. The van der Waals surface area contributed by atoms with Crippen LogP contribution in [-0.2, 0) is 6.42 Å². The molecule has 0 unspecified atom stereocenters. The fraction of sp³-hybridized carbons (Fsp3) is 0.154. The summed E-state index contributed by atoms with van der Waals surface area (Å²) in [5.41, 5.74) is 4.62. The van der Waals surface area contributed by atoms with Gasteiger partial charge in [-0.1, -0.05) is 48.5 Å². The van der Waals surface area contributed by atoms with Crippen LogP contribution < -0.4 is 10.1 Å². The number of para-hydroxylation sites is 1. The summed E-state index contributed by atoms with van der Waals surface area (Å²) in [4.78, 5) is 13.3. The van der Waals surface area contributed by atoms with Crippen molar-refractivity contribution in [2.45, 2.75) is 18.8 Å². The normalized spacial score (nSPS) is 15.4. The highest BCUT2D eigenvalue weighted by Crippen LogP contribution is 2.38. The van der Waals surface area contributed by atoms with Gasteiger partial charge >= 0.3 is 0 Å². The lowest BCUT2D eigenvalue weighted by Gasteiger charge is -2.23. The molecule has 0 aliphatic heterocycles. The Labute approximate surface area is 181 Å². The largest absolute Gasteiger partial charge is 0.497 e. The van der Waals surface area contributed by atoms with Crippen molar-refractivity contribution in [3.8, 4) is 11.4 Å². The first-order chi connectivity index (χ1) is 15.2. The molecule has 5 heteroatoms. The molecule has 1 N–H and O–H groups in total.